The van der Waals surface area contributed by atoms with E-state index in [-0.39, 0.29) is 19.1 Å². The van der Waals surface area contributed by atoms with Crippen LogP contribution in [0.4, 0.5) is 4.39 Å². The van der Waals surface area contributed by atoms with Crippen molar-refractivity contribution < 1.29 is 18.7 Å². The van der Waals surface area contributed by atoms with Gasteiger partial charge >= 0.3 is 0 Å². The van der Waals surface area contributed by atoms with Crippen LogP contribution < -0.4 is 10.1 Å². The number of ether oxygens (including phenoxy) is 1. The summed E-state index contributed by atoms with van der Waals surface area (Å²) in [4.78, 5) is 27.1. The van der Waals surface area contributed by atoms with E-state index in [4.69, 9.17) is 4.74 Å². The number of aryl methyl sites for hydroxylation is 2. The molecule has 1 atom stereocenters. The van der Waals surface area contributed by atoms with Gasteiger partial charge in [-0.15, -0.1) is 0 Å². The first kappa shape index (κ1) is 23.4. The minimum Gasteiger partial charge on any atom is -0.483 e. The predicted octanol–water partition coefficient (Wildman–Crippen LogP) is 4.15. The number of rotatable bonds is 7. The van der Waals surface area contributed by atoms with E-state index in [1.54, 1.807) is 25.1 Å². The summed E-state index contributed by atoms with van der Waals surface area (Å²) in [6.45, 7) is 10.8. The van der Waals surface area contributed by atoms with Crippen LogP contribution in [-0.4, -0.2) is 34.9 Å². The van der Waals surface area contributed by atoms with Crippen LogP contribution >= 0.6 is 0 Å². The molecule has 6 heteroatoms. The third-order valence-electron chi connectivity index (χ3n) is 4.66. The highest BCUT2D eigenvalue weighted by Gasteiger charge is 2.29. The molecule has 2 amide bonds. The Balaban J connectivity index is 2.22. The third-order valence-corrected chi connectivity index (χ3v) is 4.66. The number of nitrogens with zero attached hydrogens (tertiary/aromatic N) is 1. The maximum absolute atomic E-state index is 14.2. The average molecular weight is 415 g/mol. The number of carbonyl (C=O) groups excluding carboxylic acids is 2. The number of benzene rings is 2. The molecule has 0 radical (unpaired) electrons. The number of hydrogen-bond donors (Lipinski definition) is 1. The molecular formula is C24H31FN2O3. The minimum absolute atomic E-state index is 0.0274. The fraction of sp³-hybridized carbons (Fsp3) is 0.417. The Hall–Kier alpha value is -2.89. The Morgan fingerprint density at radius 2 is 1.80 bits per heavy atom. The molecule has 30 heavy (non-hydrogen) atoms. The molecule has 0 saturated carbocycles. The Bertz CT molecular complexity index is 906. The van der Waals surface area contributed by atoms with Gasteiger partial charge in [-0.1, -0.05) is 30.3 Å². The molecule has 2 aromatic rings. The molecule has 0 aliphatic carbocycles. The highest BCUT2D eigenvalue weighted by molar-refractivity contribution is 5.88. The molecule has 0 unspecified atom stereocenters. The zero-order chi connectivity index (χ0) is 22.5. The van der Waals surface area contributed by atoms with Gasteiger partial charge in [-0.25, -0.2) is 4.39 Å². The van der Waals surface area contributed by atoms with Gasteiger partial charge in [-0.05, 0) is 64.8 Å². The number of halogens is 1. The van der Waals surface area contributed by atoms with Crippen molar-refractivity contribution in [3.05, 3.63) is 65.0 Å². The van der Waals surface area contributed by atoms with Crippen LogP contribution in [0.5, 0.6) is 5.75 Å². The molecule has 5 nitrogen and oxygen atoms in total. The van der Waals surface area contributed by atoms with Crippen molar-refractivity contribution in [2.45, 2.75) is 59.7 Å². The van der Waals surface area contributed by atoms with Gasteiger partial charge in [0.2, 0.25) is 5.91 Å². The SMILES string of the molecule is Cc1ccc(C)c(OCC(=O)N(Cc2ccccc2F)[C@H](C)C(=O)NC(C)(C)C)c1. The van der Waals surface area contributed by atoms with Crippen molar-refractivity contribution in [3.8, 4) is 5.75 Å². The number of nitrogens with one attached hydrogen (secondary N) is 1. The largest absolute Gasteiger partial charge is 0.483 e. The molecule has 0 saturated heterocycles. The van der Waals surface area contributed by atoms with Crippen LogP contribution in [-0.2, 0) is 16.1 Å². The fourth-order valence-corrected chi connectivity index (χ4v) is 2.95. The van der Waals surface area contributed by atoms with Gasteiger partial charge in [-0.3, -0.25) is 9.59 Å². The normalized spacial score (nSPS) is 12.2. The molecular weight excluding hydrogens is 383 g/mol. The number of hydrogen-bond acceptors (Lipinski definition) is 3. The van der Waals surface area contributed by atoms with E-state index >= 15 is 0 Å². The summed E-state index contributed by atoms with van der Waals surface area (Å²) in [6.07, 6.45) is 0. The van der Waals surface area contributed by atoms with Crippen LogP contribution in [0.3, 0.4) is 0 Å². The van der Waals surface area contributed by atoms with E-state index in [1.807, 2.05) is 52.8 Å². The molecule has 162 valence electrons. The van der Waals surface area contributed by atoms with Crippen molar-refractivity contribution in [2.75, 3.05) is 6.61 Å². The van der Waals surface area contributed by atoms with E-state index in [0.717, 1.165) is 11.1 Å². The lowest BCUT2D eigenvalue weighted by molar-refractivity contribution is -0.142. The van der Waals surface area contributed by atoms with Crippen molar-refractivity contribution in [2.24, 2.45) is 0 Å². The van der Waals surface area contributed by atoms with E-state index < -0.39 is 23.3 Å². The highest BCUT2D eigenvalue weighted by Crippen LogP contribution is 2.20. The lowest BCUT2D eigenvalue weighted by Gasteiger charge is -2.31. The van der Waals surface area contributed by atoms with Gasteiger partial charge in [0.15, 0.2) is 6.61 Å². The van der Waals surface area contributed by atoms with E-state index in [2.05, 4.69) is 5.32 Å². The maximum Gasteiger partial charge on any atom is 0.261 e. The van der Waals surface area contributed by atoms with Crippen molar-refractivity contribution in [1.82, 2.24) is 10.2 Å². The van der Waals surface area contributed by atoms with E-state index in [9.17, 15) is 14.0 Å². The van der Waals surface area contributed by atoms with Gasteiger partial charge in [0.25, 0.3) is 5.91 Å². The molecule has 0 bridgehead atoms. The second kappa shape index (κ2) is 9.74. The number of carbonyl (C=O) groups is 2. The standard InChI is InChI=1S/C24H31FN2O3/c1-16-11-12-17(2)21(13-16)30-15-22(28)27(14-19-9-7-8-10-20(19)25)18(3)23(29)26-24(4,5)6/h7-13,18H,14-15H2,1-6H3,(H,26,29)/t18-/m1/s1. The van der Waals surface area contributed by atoms with Crippen molar-refractivity contribution in [3.63, 3.8) is 0 Å². The van der Waals surface area contributed by atoms with Gasteiger partial charge < -0.3 is 15.0 Å². The van der Waals surface area contributed by atoms with Crippen LogP contribution in [0, 0.1) is 19.7 Å². The smallest absolute Gasteiger partial charge is 0.261 e. The molecule has 0 heterocycles. The topological polar surface area (TPSA) is 58.6 Å². The predicted molar refractivity (Wildman–Crippen MR) is 116 cm³/mol. The summed E-state index contributed by atoms with van der Waals surface area (Å²) in [6, 6.07) is 11.2. The van der Waals surface area contributed by atoms with Crippen molar-refractivity contribution in [1.29, 1.82) is 0 Å². The molecule has 0 spiro atoms. The van der Waals surface area contributed by atoms with Gasteiger partial charge in [0.1, 0.15) is 17.6 Å². The fourth-order valence-electron chi connectivity index (χ4n) is 2.95. The summed E-state index contributed by atoms with van der Waals surface area (Å²) >= 11 is 0. The quantitative estimate of drug-likeness (QED) is 0.740. The molecule has 2 aromatic carbocycles. The summed E-state index contributed by atoms with van der Waals surface area (Å²) in [5, 5.41) is 2.88. The van der Waals surface area contributed by atoms with Crippen LogP contribution in [0.25, 0.3) is 0 Å². The lowest BCUT2D eigenvalue weighted by atomic mass is 10.1. The minimum atomic E-state index is -0.793. The van der Waals surface area contributed by atoms with Gasteiger partial charge in [0.05, 0.1) is 0 Å². The Morgan fingerprint density at radius 3 is 2.43 bits per heavy atom. The molecule has 0 aromatic heterocycles. The lowest BCUT2D eigenvalue weighted by Crippen LogP contribution is -2.53. The zero-order valence-electron chi connectivity index (χ0n) is 18.6. The first-order valence-electron chi connectivity index (χ1n) is 10.0. The van der Waals surface area contributed by atoms with Crippen LogP contribution in [0.1, 0.15) is 44.4 Å². The van der Waals surface area contributed by atoms with Crippen molar-refractivity contribution >= 4 is 11.8 Å². The summed E-state index contributed by atoms with van der Waals surface area (Å²) in [5.74, 6) is -0.509. The van der Waals surface area contributed by atoms with E-state index in [0.29, 0.717) is 11.3 Å². The van der Waals surface area contributed by atoms with Gasteiger partial charge in [0, 0.05) is 17.6 Å². The maximum atomic E-state index is 14.2. The number of amides is 2. The second-order valence-corrected chi connectivity index (χ2v) is 8.59. The summed E-state index contributed by atoms with van der Waals surface area (Å²) in [5.41, 5.74) is 1.82. The first-order chi connectivity index (χ1) is 14.0. The van der Waals surface area contributed by atoms with E-state index in [1.165, 1.54) is 11.0 Å². The Labute approximate surface area is 178 Å². The molecule has 0 aliphatic heterocycles. The molecule has 0 aliphatic rings. The molecule has 2 rings (SSSR count). The van der Waals surface area contributed by atoms with Crippen LogP contribution in [0.15, 0.2) is 42.5 Å². The third kappa shape index (κ3) is 6.58. The Morgan fingerprint density at radius 1 is 1.13 bits per heavy atom. The average Bonchev–Trinajstić information content (AvgIpc) is 2.66. The zero-order valence-corrected chi connectivity index (χ0v) is 18.6. The molecule has 1 N–H and O–H groups in total. The summed E-state index contributed by atoms with van der Waals surface area (Å²) in [7, 11) is 0. The van der Waals surface area contributed by atoms with Crippen LogP contribution in [0.2, 0.25) is 0 Å². The highest BCUT2D eigenvalue weighted by atomic mass is 19.1. The van der Waals surface area contributed by atoms with Gasteiger partial charge in [-0.2, -0.15) is 0 Å². The summed E-state index contributed by atoms with van der Waals surface area (Å²) < 4.78 is 20.0. The Kier molecular flexibility index (Phi) is 7.59. The first-order valence-corrected chi connectivity index (χ1v) is 10.0. The monoisotopic (exact) mass is 414 g/mol. The molecule has 0 fully saturated rings. The second-order valence-electron chi connectivity index (χ2n) is 8.59.